The van der Waals surface area contributed by atoms with Crippen molar-refractivity contribution in [2.75, 3.05) is 41.4 Å². The number of nitrogens with one attached hydrogen (secondary N) is 2. The molecule has 0 radical (unpaired) electrons. The van der Waals surface area contributed by atoms with Gasteiger partial charge in [-0.05, 0) is 37.0 Å². The Bertz CT molecular complexity index is 646. The van der Waals surface area contributed by atoms with E-state index in [1.165, 1.54) is 12.8 Å². The number of hydrogen-bond donors (Lipinski definition) is 2. The zero-order valence-electron chi connectivity index (χ0n) is 17.3. The van der Waals surface area contributed by atoms with Gasteiger partial charge in [0.25, 0.3) is 0 Å². The third-order valence-electron chi connectivity index (χ3n) is 4.72. The second-order valence-corrected chi connectivity index (χ2v) is 6.94. The Morgan fingerprint density at radius 2 is 1.86 bits per heavy atom. The minimum Gasteiger partial charge on any atom is -0.493 e. The highest BCUT2D eigenvalue weighted by molar-refractivity contribution is 14.0. The van der Waals surface area contributed by atoms with Crippen molar-refractivity contribution in [3.05, 3.63) is 23.8 Å². The van der Waals surface area contributed by atoms with Gasteiger partial charge >= 0.3 is 0 Å². The van der Waals surface area contributed by atoms with Crippen LogP contribution in [0.1, 0.15) is 31.2 Å². The summed E-state index contributed by atoms with van der Waals surface area (Å²) in [5.74, 6) is 2.14. The van der Waals surface area contributed by atoms with Gasteiger partial charge in [0.2, 0.25) is 5.91 Å². The van der Waals surface area contributed by atoms with E-state index in [4.69, 9.17) is 9.47 Å². The Balaban J connectivity index is 0.00000392. The number of amides is 1. The van der Waals surface area contributed by atoms with Crippen LogP contribution in [-0.2, 0) is 11.2 Å². The molecule has 2 rings (SSSR count). The lowest BCUT2D eigenvalue weighted by Gasteiger charge is -2.18. The van der Waals surface area contributed by atoms with Crippen LogP contribution in [0.5, 0.6) is 11.5 Å². The molecule has 1 aliphatic carbocycles. The van der Waals surface area contributed by atoms with E-state index in [0.717, 1.165) is 36.3 Å². The van der Waals surface area contributed by atoms with Crippen LogP contribution < -0.4 is 20.1 Å². The largest absolute Gasteiger partial charge is 0.493 e. The van der Waals surface area contributed by atoms with Crippen LogP contribution in [0.2, 0.25) is 0 Å². The Hall–Kier alpha value is -1.71. The summed E-state index contributed by atoms with van der Waals surface area (Å²) in [4.78, 5) is 17.9. The zero-order valence-corrected chi connectivity index (χ0v) is 19.6. The predicted octanol–water partition coefficient (Wildman–Crippen LogP) is 2.43. The van der Waals surface area contributed by atoms with Crippen LogP contribution in [0.15, 0.2) is 23.2 Å². The number of guanidine groups is 1. The smallest absolute Gasteiger partial charge is 0.243 e. The van der Waals surface area contributed by atoms with E-state index < -0.39 is 0 Å². The molecule has 0 spiro atoms. The van der Waals surface area contributed by atoms with Crippen LogP contribution in [0.3, 0.4) is 0 Å². The zero-order chi connectivity index (χ0) is 19.6. The number of halogens is 1. The first-order valence-corrected chi connectivity index (χ1v) is 9.49. The van der Waals surface area contributed by atoms with Crippen molar-refractivity contribution < 1.29 is 14.3 Å². The molecule has 1 aliphatic rings. The molecular formula is C20H33IN4O3. The maximum Gasteiger partial charge on any atom is 0.243 e. The Kier molecular flexibility index (Phi) is 11.0. The van der Waals surface area contributed by atoms with Gasteiger partial charge in [0, 0.05) is 26.7 Å². The fourth-order valence-electron chi connectivity index (χ4n) is 3.07. The third-order valence-corrected chi connectivity index (χ3v) is 4.72. The van der Waals surface area contributed by atoms with Gasteiger partial charge in [-0.1, -0.05) is 18.9 Å². The number of methoxy groups -OCH3 is 2. The number of carbonyl (C=O) groups excluding carboxylic acids is 1. The third kappa shape index (κ3) is 7.73. The maximum absolute atomic E-state index is 11.8. The van der Waals surface area contributed by atoms with Gasteiger partial charge < -0.3 is 25.0 Å². The number of aliphatic imine (C=N–C) groups is 1. The summed E-state index contributed by atoms with van der Waals surface area (Å²) < 4.78 is 10.6. The van der Waals surface area contributed by atoms with Crippen LogP contribution in [0.4, 0.5) is 0 Å². The molecule has 1 fully saturated rings. The first kappa shape index (κ1) is 24.3. The van der Waals surface area contributed by atoms with Crippen molar-refractivity contribution in [1.82, 2.24) is 15.5 Å². The van der Waals surface area contributed by atoms with Crippen molar-refractivity contribution in [1.29, 1.82) is 0 Å². The summed E-state index contributed by atoms with van der Waals surface area (Å²) in [6, 6.07) is 6.36. The van der Waals surface area contributed by atoms with Crippen LogP contribution in [0.25, 0.3) is 0 Å². The van der Waals surface area contributed by atoms with Crippen molar-refractivity contribution >= 4 is 35.8 Å². The maximum atomic E-state index is 11.8. The molecule has 0 saturated heterocycles. The molecule has 1 aromatic carbocycles. The number of likely N-dealkylation sites (N-methyl/N-ethyl adjacent to an activating group) is 1. The molecule has 1 saturated carbocycles. The highest BCUT2D eigenvalue weighted by Crippen LogP contribution is 2.27. The molecule has 2 N–H and O–H groups in total. The van der Waals surface area contributed by atoms with E-state index in [2.05, 4.69) is 15.6 Å². The molecule has 8 heteroatoms. The molecule has 0 aromatic heterocycles. The van der Waals surface area contributed by atoms with Crippen molar-refractivity contribution in [3.63, 3.8) is 0 Å². The fraction of sp³-hybridized carbons (Fsp3) is 0.600. The lowest BCUT2D eigenvalue weighted by Crippen LogP contribution is -2.43. The average Bonchev–Trinajstić information content (AvgIpc) is 3.18. The van der Waals surface area contributed by atoms with Gasteiger partial charge in [-0.2, -0.15) is 0 Å². The van der Waals surface area contributed by atoms with Crippen molar-refractivity contribution in [2.45, 2.75) is 38.1 Å². The van der Waals surface area contributed by atoms with E-state index in [1.807, 2.05) is 18.2 Å². The molecule has 7 nitrogen and oxygen atoms in total. The predicted molar refractivity (Wildman–Crippen MR) is 123 cm³/mol. The molecular weight excluding hydrogens is 471 g/mol. The Labute approximate surface area is 185 Å². The molecule has 0 atom stereocenters. The van der Waals surface area contributed by atoms with Gasteiger partial charge in [0.1, 0.15) is 6.54 Å². The summed E-state index contributed by atoms with van der Waals surface area (Å²) in [6.45, 7) is 0.857. The van der Waals surface area contributed by atoms with E-state index in [1.54, 1.807) is 33.2 Å². The van der Waals surface area contributed by atoms with Crippen LogP contribution in [0, 0.1) is 0 Å². The number of hydrogen-bond acceptors (Lipinski definition) is 4. The summed E-state index contributed by atoms with van der Waals surface area (Å²) in [7, 11) is 6.75. The first-order chi connectivity index (χ1) is 13.0. The molecule has 0 unspecified atom stereocenters. The SMILES string of the molecule is COc1ccc(CCNC(=NCC(=O)N(C)C)NC2CCCC2)cc1OC.I. The highest BCUT2D eigenvalue weighted by atomic mass is 127. The molecule has 0 heterocycles. The molecule has 0 aliphatic heterocycles. The van der Waals surface area contributed by atoms with Gasteiger partial charge in [-0.15, -0.1) is 24.0 Å². The first-order valence-electron chi connectivity index (χ1n) is 9.49. The Morgan fingerprint density at radius 1 is 1.18 bits per heavy atom. The fourth-order valence-corrected chi connectivity index (χ4v) is 3.07. The molecule has 1 amide bonds. The standard InChI is InChI=1S/C20H32N4O3.HI/c1-24(2)19(25)14-22-20(23-16-7-5-6-8-16)21-12-11-15-9-10-17(26-3)18(13-15)27-4;/h9-10,13,16H,5-8,11-12,14H2,1-4H3,(H2,21,22,23);1H. The Morgan fingerprint density at radius 3 is 2.46 bits per heavy atom. The lowest BCUT2D eigenvalue weighted by atomic mass is 10.1. The van der Waals surface area contributed by atoms with E-state index in [0.29, 0.717) is 18.5 Å². The van der Waals surface area contributed by atoms with Crippen molar-refractivity contribution in [2.24, 2.45) is 4.99 Å². The van der Waals surface area contributed by atoms with Gasteiger partial charge in [-0.3, -0.25) is 4.79 Å². The number of ether oxygens (including phenoxy) is 2. The second-order valence-electron chi connectivity index (χ2n) is 6.94. The number of rotatable bonds is 8. The van der Waals surface area contributed by atoms with E-state index in [-0.39, 0.29) is 36.4 Å². The summed E-state index contributed by atoms with van der Waals surface area (Å²) in [6.07, 6.45) is 5.60. The lowest BCUT2D eigenvalue weighted by molar-refractivity contribution is -0.127. The molecule has 0 bridgehead atoms. The van der Waals surface area contributed by atoms with Crippen LogP contribution in [-0.4, -0.2) is 64.2 Å². The van der Waals surface area contributed by atoms with Gasteiger partial charge in [0.05, 0.1) is 14.2 Å². The number of nitrogens with zero attached hydrogens (tertiary/aromatic N) is 2. The molecule has 1 aromatic rings. The summed E-state index contributed by atoms with van der Waals surface area (Å²) in [5.41, 5.74) is 1.14. The van der Waals surface area contributed by atoms with Crippen LogP contribution >= 0.6 is 24.0 Å². The molecule has 28 heavy (non-hydrogen) atoms. The van der Waals surface area contributed by atoms with E-state index >= 15 is 0 Å². The van der Waals surface area contributed by atoms with Gasteiger partial charge in [-0.25, -0.2) is 4.99 Å². The minimum atomic E-state index is -0.0117. The minimum absolute atomic E-state index is 0. The van der Waals surface area contributed by atoms with Crippen molar-refractivity contribution in [3.8, 4) is 11.5 Å². The number of carbonyl (C=O) groups is 1. The summed E-state index contributed by atoms with van der Waals surface area (Å²) >= 11 is 0. The normalized spacial score (nSPS) is 14.2. The molecule has 158 valence electrons. The van der Waals surface area contributed by atoms with E-state index in [9.17, 15) is 4.79 Å². The number of benzene rings is 1. The average molecular weight is 504 g/mol. The second kappa shape index (κ2) is 12.7. The topological polar surface area (TPSA) is 75.2 Å². The quantitative estimate of drug-likeness (QED) is 0.323. The monoisotopic (exact) mass is 504 g/mol. The highest BCUT2D eigenvalue weighted by Gasteiger charge is 2.16. The summed E-state index contributed by atoms with van der Waals surface area (Å²) in [5, 5.41) is 6.81. The van der Waals surface area contributed by atoms with Gasteiger partial charge in [0.15, 0.2) is 17.5 Å².